The van der Waals surface area contributed by atoms with Crippen molar-refractivity contribution in [3.63, 3.8) is 0 Å². The first-order valence-electron chi connectivity index (χ1n) is 14.7. The monoisotopic (exact) mass is 607 g/mol. The third-order valence-corrected chi connectivity index (χ3v) is 9.59. The van der Waals surface area contributed by atoms with Crippen molar-refractivity contribution in [3.8, 4) is 11.5 Å². The molecule has 43 heavy (non-hydrogen) atoms. The summed E-state index contributed by atoms with van der Waals surface area (Å²) in [6.07, 6.45) is 5.48. The zero-order valence-corrected chi connectivity index (χ0v) is 25.9. The molecular weight excluding hydrogens is 566 g/mol. The molecule has 0 heterocycles. The van der Waals surface area contributed by atoms with E-state index in [4.69, 9.17) is 9.47 Å². The van der Waals surface area contributed by atoms with Crippen LogP contribution in [0.3, 0.4) is 0 Å². The van der Waals surface area contributed by atoms with E-state index in [-0.39, 0.29) is 29.1 Å². The number of methoxy groups -OCH3 is 2. The molecule has 1 unspecified atom stereocenters. The van der Waals surface area contributed by atoms with Crippen molar-refractivity contribution in [2.24, 2.45) is 0 Å². The summed E-state index contributed by atoms with van der Waals surface area (Å²) in [5, 5.41) is 3.16. The van der Waals surface area contributed by atoms with Crippen LogP contribution in [0, 0.1) is 0 Å². The van der Waals surface area contributed by atoms with Crippen LogP contribution < -0.4 is 19.1 Å². The van der Waals surface area contributed by atoms with Gasteiger partial charge in [-0.25, -0.2) is 8.42 Å². The van der Waals surface area contributed by atoms with Gasteiger partial charge in [0.25, 0.3) is 10.0 Å². The zero-order valence-electron chi connectivity index (χ0n) is 25.1. The number of nitrogens with one attached hydrogen (secondary N) is 1. The largest absolute Gasteiger partial charge is 0.493 e. The molecular formula is C33H41N3O6S. The molecule has 1 aliphatic rings. The molecule has 0 saturated heterocycles. The minimum atomic E-state index is -4.19. The Labute approximate surface area is 254 Å². The van der Waals surface area contributed by atoms with Crippen LogP contribution in [0.2, 0.25) is 0 Å². The first kappa shape index (κ1) is 31.9. The van der Waals surface area contributed by atoms with Crippen LogP contribution in [0.1, 0.15) is 51.0 Å². The quantitative estimate of drug-likeness (QED) is 0.288. The number of anilines is 1. The Kier molecular flexibility index (Phi) is 11.1. The smallest absolute Gasteiger partial charge is 0.264 e. The Morgan fingerprint density at radius 1 is 0.884 bits per heavy atom. The summed E-state index contributed by atoms with van der Waals surface area (Å²) in [6, 6.07) is 21.4. The number of ether oxygens (including phenoxy) is 2. The van der Waals surface area contributed by atoms with Crippen LogP contribution >= 0.6 is 0 Å². The summed E-state index contributed by atoms with van der Waals surface area (Å²) < 4.78 is 39.9. The lowest BCUT2D eigenvalue weighted by atomic mass is 9.95. The molecule has 0 radical (unpaired) electrons. The highest BCUT2D eigenvalue weighted by Gasteiger charge is 2.34. The minimum Gasteiger partial charge on any atom is -0.493 e. The fourth-order valence-electron chi connectivity index (χ4n) is 5.47. The second kappa shape index (κ2) is 14.9. The van der Waals surface area contributed by atoms with Gasteiger partial charge in [0.05, 0.1) is 24.8 Å². The molecule has 1 aliphatic carbocycles. The first-order chi connectivity index (χ1) is 20.8. The second-order valence-electron chi connectivity index (χ2n) is 10.6. The van der Waals surface area contributed by atoms with Crippen molar-refractivity contribution in [2.45, 2.75) is 69.0 Å². The molecule has 1 N–H and O–H groups in total. The number of rotatable bonds is 13. The Balaban J connectivity index is 1.72. The molecule has 1 saturated carbocycles. The van der Waals surface area contributed by atoms with Crippen molar-refractivity contribution in [3.05, 3.63) is 84.4 Å². The number of amides is 2. The van der Waals surface area contributed by atoms with Gasteiger partial charge in [-0.3, -0.25) is 13.9 Å². The Morgan fingerprint density at radius 2 is 1.51 bits per heavy atom. The maximum Gasteiger partial charge on any atom is 0.264 e. The van der Waals surface area contributed by atoms with Crippen LogP contribution in [0.5, 0.6) is 11.5 Å². The van der Waals surface area contributed by atoms with Gasteiger partial charge in [-0.15, -0.1) is 0 Å². The van der Waals surface area contributed by atoms with Crippen LogP contribution in [0.15, 0.2) is 83.8 Å². The van der Waals surface area contributed by atoms with Crippen LogP contribution in [-0.2, 0) is 26.2 Å². The number of nitrogens with zero attached hydrogens (tertiary/aromatic N) is 2. The van der Waals surface area contributed by atoms with Crippen molar-refractivity contribution in [2.75, 3.05) is 25.1 Å². The SMILES string of the molecule is CCC(C(=O)NC1CCCCC1)N(Cc1ccccc1)C(=O)CN(c1ccc(OC)c(OC)c1)S(=O)(=O)c1ccccc1. The lowest BCUT2D eigenvalue weighted by Gasteiger charge is -2.34. The molecule has 4 rings (SSSR count). The summed E-state index contributed by atoms with van der Waals surface area (Å²) in [6.45, 7) is 1.50. The number of benzene rings is 3. The molecule has 1 atom stereocenters. The minimum absolute atomic E-state index is 0.0364. The van der Waals surface area contributed by atoms with E-state index in [9.17, 15) is 18.0 Å². The molecule has 1 fully saturated rings. The van der Waals surface area contributed by atoms with Crippen LogP contribution in [0.4, 0.5) is 5.69 Å². The molecule has 2 amide bonds. The first-order valence-corrected chi connectivity index (χ1v) is 16.2. The molecule has 9 nitrogen and oxygen atoms in total. The van der Waals surface area contributed by atoms with Crippen molar-refractivity contribution in [1.82, 2.24) is 10.2 Å². The van der Waals surface area contributed by atoms with Gasteiger partial charge in [-0.1, -0.05) is 74.7 Å². The third kappa shape index (κ3) is 7.87. The highest BCUT2D eigenvalue weighted by atomic mass is 32.2. The predicted molar refractivity (Wildman–Crippen MR) is 167 cm³/mol. The van der Waals surface area contributed by atoms with Crippen LogP contribution in [-0.4, -0.2) is 58.0 Å². The molecule has 3 aromatic carbocycles. The Hall–Kier alpha value is -4.05. The van der Waals surface area contributed by atoms with E-state index in [1.54, 1.807) is 30.3 Å². The standard InChI is InChI=1S/C33H41N3O6S/c1-4-29(33(38)34-26-16-10-6-11-17-26)35(23-25-14-8-5-9-15-25)32(37)24-36(43(39,40)28-18-12-7-13-19-28)27-20-21-30(41-2)31(22-27)42-3/h5,7-9,12-15,18-22,26,29H,4,6,10-11,16-17,23-24H2,1-3H3,(H,34,38). The van der Waals surface area contributed by atoms with Gasteiger partial charge in [0.15, 0.2) is 11.5 Å². The summed E-state index contributed by atoms with van der Waals surface area (Å²) in [7, 11) is -1.24. The topological polar surface area (TPSA) is 105 Å². The van der Waals surface area contributed by atoms with Gasteiger partial charge >= 0.3 is 0 Å². The van der Waals surface area contributed by atoms with Gasteiger partial charge in [0.2, 0.25) is 11.8 Å². The third-order valence-electron chi connectivity index (χ3n) is 7.80. The van der Waals surface area contributed by atoms with E-state index < -0.39 is 28.5 Å². The van der Waals surface area contributed by atoms with Gasteiger partial charge < -0.3 is 19.7 Å². The fraction of sp³-hybridized carbons (Fsp3) is 0.394. The lowest BCUT2D eigenvalue weighted by Crippen LogP contribution is -2.54. The van der Waals surface area contributed by atoms with Gasteiger partial charge in [-0.05, 0) is 49.1 Å². The lowest BCUT2D eigenvalue weighted by molar-refractivity contribution is -0.140. The highest BCUT2D eigenvalue weighted by Crippen LogP contribution is 2.34. The summed E-state index contributed by atoms with van der Waals surface area (Å²) in [5.74, 6) is 0.0250. The van der Waals surface area contributed by atoms with Crippen LogP contribution in [0.25, 0.3) is 0 Å². The maximum atomic E-state index is 14.3. The predicted octanol–water partition coefficient (Wildman–Crippen LogP) is 5.16. The van der Waals surface area contributed by atoms with Crippen molar-refractivity contribution in [1.29, 1.82) is 0 Å². The molecule has 0 bridgehead atoms. The van der Waals surface area contributed by atoms with Gasteiger partial charge in [-0.2, -0.15) is 0 Å². The number of hydrogen-bond donors (Lipinski definition) is 1. The Bertz CT molecular complexity index is 1460. The molecule has 0 aliphatic heterocycles. The van der Waals surface area contributed by atoms with E-state index in [0.29, 0.717) is 17.9 Å². The average Bonchev–Trinajstić information content (AvgIpc) is 3.04. The van der Waals surface area contributed by atoms with Gasteiger partial charge in [0.1, 0.15) is 12.6 Å². The molecule has 230 valence electrons. The van der Waals surface area contributed by atoms with E-state index >= 15 is 0 Å². The highest BCUT2D eigenvalue weighted by molar-refractivity contribution is 7.92. The van der Waals surface area contributed by atoms with Crippen molar-refractivity contribution < 1.29 is 27.5 Å². The van der Waals surface area contributed by atoms with E-state index in [2.05, 4.69) is 5.32 Å². The van der Waals surface area contributed by atoms with Gasteiger partial charge in [0, 0.05) is 18.7 Å². The molecule has 10 heteroatoms. The van der Waals surface area contributed by atoms with E-state index in [1.165, 1.54) is 37.3 Å². The molecule has 0 aromatic heterocycles. The summed E-state index contributed by atoms with van der Waals surface area (Å²) in [4.78, 5) is 29.4. The van der Waals surface area contributed by atoms with E-state index in [1.807, 2.05) is 37.3 Å². The number of carbonyl (C=O) groups is 2. The number of sulfonamides is 1. The second-order valence-corrected chi connectivity index (χ2v) is 12.5. The maximum absolute atomic E-state index is 14.3. The van der Waals surface area contributed by atoms with Crippen molar-refractivity contribution >= 4 is 27.5 Å². The summed E-state index contributed by atoms with van der Waals surface area (Å²) in [5.41, 5.74) is 1.07. The number of carbonyl (C=O) groups excluding carboxylic acids is 2. The molecule has 3 aromatic rings. The number of hydrogen-bond acceptors (Lipinski definition) is 6. The average molecular weight is 608 g/mol. The zero-order chi connectivity index (χ0) is 30.8. The van der Waals surface area contributed by atoms with E-state index in [0.717, 1.165) is 42.0 Å². The Morgan fingerprint density at radius 3 is 2.12 bits per heavy atom. The fourth-order valence-corrected chi connectivity index (χ4v) is 6.90. The normalized spacial score (nSPS) is 14.4. The molecule has 0 spiro atoms. The summed E-state index contributed by atoms with van der Waals surface area (Å²) >= 11 is 0.